The van der Waals surface area contributed by atoms with Gasteiger partial charge in [0.25, 0.3) is 0 Å². The second-order valence-corrected chi connectivity index (χ2v) is 4.52. The molecule has 2 heterocycles. The number of H-pyrrole nitrogens is 1. The van der Waals surface area contributed by atoms with Gasteiger partial charge in [-0.1, -0.05) is 12.1 Å². The van der Waals surface area contributed by atoms with Crippen molar-refractivity contribution in [1.29, 1.82) is 0 Å². The van der Waals surface area contributed by atoms with Gasteiger partial charge in [0.15, 0.2) is 5.69 Å². The minimum absolute atomic E-state index is 0.256. The highest BCUT2D eigenvalue weighted by Crippen LogP contribution is 2.18. The van der Waals surface area contributed by atoms with Crippen molar-refractivity contribution in [3.8, 4) is 0 Å². The fourth-order valence-electron chi connectivity index (χ4n) is 1.81. The molecule has 0 fully saturated rings. The van der Waals surface area contributed by atoms with E-state index < -0.39 is 0 Å². The number of ether oxygens (including phenoxy) is 1. The number of thiazole rings is 1. The second-order valence-electron chi connectivity index (χ2n) is 3.81. The summed E-state index contributed by atoms with van der Waals surface area (Å²) in [5, 5.41) is 2.75. The first-order chi connectivity index (χ1) is 8.84. The van der Waals surface area contributed by atoms with Crippen molar-refractivity contribution < 1.29 is 9.53 Å². The summed E-state index contributed by atoms with van der Waals surface area (Å²) in [5.74, 6) is -0.385. The zero-order valence-corrected chi connectivity index (χ0v) is 10.2. The molecule has 1 N–H and O–H groups in total. The first-order valence-electron chi connectivity index (χ1n) is 5.45. The van der Waals surface area contributed by atoms with Crippen LogP contribution in [0.25, 0.3) is 10.9 Å². The van der Waals surface area contributed by atoms with Gasteiger partial charge in [0.2, 0.25) is 0 Å². The molecule has 4 nitrogen and oxygen atoms in total. The highest BCUT2D eigenvalue weighted by Gasteiger charge is 2.10. The number of esters is 1. The number of hydrogen-bond acceptors (Lipinski definition) is 4. The molecule has 0 spiro atoms. The Morgan fingerprint density at radius 1 is 1.39 bits per heavy atom. The monoisotopic (exact) mass is 258 g/mol. The van der Waals surface area contributed by atoms with Gasteiger partial charge in [-0.25, -0.2) is 9.78 Å². The van der Waals surface area contributed by atoms with Crippen molar-refractivity contribution in [3.05, 3.63) is 52.6 Å². The van der Waals surface area contributed by atoms with E-state index in [-0.39, 0.29) is 12.6 Å². The molecule has 0 unspecified atom stereocenters. The van der Waals surface area contributed by atoms with Crippen LogP contribution in [0.1, 0.15) is 16.1 Å². The lowest BCUT2D eigenvalue weighted by atomic mass is 10.1. The smallest absolute Gasteiger partial charge is 0.358 e. The van der Waals surface area contributed by atoms with Crippen molar-refractivity contribution in [2.75, 3.05) is 0 Å². The van der Waals surface area contributed by atoms with Crippen molar-refractivity contribution >= 4 is 28.2 Å². The molecule has 3 rings (SSSR count). The van der Waals surface area contributed by atoms with Crippen molar-refractivity contribution in [1.82, 2.24) is 9.97 Å². The number of hydrogen-bond donors (Lipinski definition) is 1. The third-order valence-corrected chi connectivity index (χ3v) is 3.27. The Kier molecular flexibility index (Phi) is 2.82. The Balaban J connectivity index is 1.77. The molecule has 0 saturated heterocycles. The molecular formula is C13H10N2O2S. The van der Waals surface area contributed by atoms with Crippen molar-refractivity contribution in [2.45, 2.75) is 6.61 Å². The van der Waals surface area contributed by atoms with E-state index >= 15 is 0 Å². The zero-order chi connectivity index (χ0) is 12.4. The molecule has 5 heteroatoms. The maximum atomic E-state index is 11.7. The Morgan fingerprint density at radius 2 is 2.33 bits per heavy atom. The SMILES string of the molecule is O=C(OCc1cccc2[nH]ccc12)c1cscn1. The van der Waals surface area contributed by atoms with E-state index in [1.807, 2.05) is 30.5 Å². The quantitative estimate of drug-likeness (QED) is 0.735. The summed E-state index contributed by atoms with van der Waals surface area (Å²) in [6.45, 7) is 0.256. The van der Waals surface area contributed by atoms with E-state index in [4.69, 9.17) is 4.74 Å². The number of benzene rings is 1. The minimum Gasteiger partial charge on any atom is -0.456 e. The number of aromatic amines is 1. The van der Waals surface area contributed by atoms with E-state index in [1.165, 1.54) is 11.3 Å². The number of carbonyl (C=O) groups excluding carboxylic acids is 1. The number of aromatic nitrogens is 2. The molecule has 0 saturated carbocycles. The van der Waals surface area contributed by atoms with Crippen LogP contribution in [0, 0.1) is 0 Å². The summed E-state index contributed by atoms with van der Waals surface area (Å²) in [6.07, 6.45) is 1.87. The van der Waals surface area contributed by atoms with Crippen LogP contribution in [0.5, 0.6) is 0 Å². The third-order valence-electron chi connectivity index (χ3n) is 2.69. The molecule has 18 heavy (non-hydrogen) atoms. The van der Waals surface area contributed by atoms with Crippen molar-refractivity contribution in [2.24, 2.45) is 0 Å². The first-order valence-corrected chi connectivity index (χ1v) is 6.39. The van der Waals surface area contributed by atoms with Gasteiger partial charge in [-0.2, -0.15) is 0 Å². The predicted molar refractivity (Wildman–Crippen MR) is 69.5 cm³/mol. The summed E-state index contributed by atoms with van der Waals surface area (Å²) in [4.78, 5) is 18.7. The second kappa shape index (κ2) is 4.62. The highest BCUT2D eigenvalue weighted by atomic mass is 32.1. The molecule has 0 radical (unpaired) electrons. The molecule has 0 amide bonds. The van der Waals surface area contributed by atoms with Gasteiger partial charge >= 0.3 is 5.97 Å². The lowest BCUT2D eigenvalue weighted by molar-refractivity contribution is 0.0468. The molecule has 90 valence electrons. The normalized spacial score (nSPS) is 10.7. The molecule has 0 aliphatic carbocycles. The summed E-state index contributed by atoms with van der Waals surface area (Å²) in [7, 11) is 0. The molecule has 2 aromatic heterocycles. The van der Waals surface area contributed by atoms with Crippen LogP contribution >= 0.6 is 11.3 Å². The molecule has 0 atom stereocenters. The van der Waals surface area contributed by atoms with Gasteiger partial charge in [0.05, 0.1) is 5.51 Å². The Bertz CT molecular complexity index is 673. The Labute approximate surface area is 107 Å². The summed E-state index contributed by atoms with van der Waals surface area (Å²) in [5.41, 5.74) is 4.00. The number of nitrogens with zero attached hydrogens (tertiary/aromatic N) is 1. The highest BCUT2D eigenvalue weighted by molar-refractivity contribution is 7.07. The molecule has 3 aromatic rings. The molecule has 1 aromatic carbocycles. The fraction of sp³-hybridized carbons (Fsp3) is 0.0769. The van der Waals surface area contributed by atoms with E-state index in [0.29, 0.717) is 5.69 Å². The number of rotatable bonds is 3. The maximum absolute atomic E-state index is 11.7. The predicted octanol–water partition coefficient (Wildman–Crippen LogP) is 2.98. The van der Waals surface area contributed by atoms with E-state index in [2.05, 4.69) is 9.97 Å². The lowest BCUT2D eigenvalue weighted by Crippen LogP contribution is -2.05. The fourth-order valence-corrected chi connectivity index (χ4v) is 2.33. The number of nitrogens with one attached hydrogen (secondary N) is 1. The largest absolute Gasteiger partial charge is 0.456 e. The van der Waals surface area contributed by atoms with Gasteiger partial charge in [-0.3, -0.25) is 0 Å². The summed E-state index contributed by atoms with van der Waals surface area (Å²) < 4.78 is 5.24. The van der Waals surface area contributed by atoms with Crippen LogP contribution in [-0.2, 0) is 11.3 Å². The van der Waals surface area contributed by atoms with E-state index in [1.54, 1.807) is 10.9 Å². The molecule has 0 aliphatic heterocycles. The van der Waals surface area contributed by atoms with Gasteiger partial charge in [-0.05, 0) is 17.7 Å². The van der Waals surface area contributed by atoms with Crippen LogP contribution in [0.3, 0.4) is 0 Å². The molecular weight excluding hydrogens is 248 g/mol. The van der Waals surface area contributed by atoms with Gasteiger partial charge in [0, 0.05) is 22.5 Å². The Morgan fingerprint density at radius 3 is 3.17 bits per heavy atom. The Hall–Kier alpha value is -2.14. The standard InChI is InChI=1S/C13H10N2O2S/c16-13(12-7-18-8-15-12)17-6-9-2-1-3-11-10(9)4-5-14-11/h1-5,7-8,14H,6H2. The van der Waals surface area contributed by atoms with Crippen LogP contribution in [0.15, 0.2) is 41.4 Å². The van der Waals surface area contributed by atoms with Gasteiger partial charge in [0.1, 0.15) is 6.61 Å². The average Bonchev–Trinajstić information content (AvgIpc) is 3.05. The summed E-state index contributed by atoms with van der Waals surface area (Å²) >= 11 is 1.38. The molecule has 0 aliphatic rings. The maximum Gasteiger partial charge on any atom is 0.358 e. The van der Waals surface area contributed by atoms with Gasteiger partial charge in [-0.15, -0.1) is 11.3 Å². The number of fused-ring (bicyclic) bond motifs is 1. The van der Waals surface area contributed by atoms with E-state index in [9.17, 15) is 4.79 Å². The van der Waals surface area contributed by atoms with Crippen LogP contribution in [0.2, 0.25) is 0 Å². The lowest BCUT2D eigenvalue weighted by Gasteiger charge is -2.04. The van der Waals surface area contributed by atoms with E-state index in [0.717, 1.165) is 16.5 Å². The summed E-state index contributed by atoms with van der Waals surface area (Å²) in [6, 6.07) is 7.85. The van der Waals surface area contributed by atoms with Crippen LogP contribution < -0.4 is 0 Å². The first kappa shape index (κ1) is 11.0. The van der Waals surface area contributed by atoms with Crippen molar-refractivity contribution in [3.63, 3.8) is 0 Å². The third kappa shape index (κ3) is 2.00. The number of carbonyl (C=O) groups is 1. The van der Waals surface area contributed by atoms with Gasteiger partial charge < -0.3 is 9.72 Å². The van der Waals surface area contributed by atoms with Crippen LogP contribution in [0.4, 0.5) is 0 Å². The average molecular weight is 258 g/mol. The zero-order valence-electron chi connectivity index (χ0n) is 9.42. The van der Waals surface area contributed by atoms with Crippen LogP contribution in [-0.4, -0.2) is 15.9 Å². The molecule has 0 bridgehead atoms. The minimum atomic E-state index is -0.385. The topological polar surface area (TPSA) is 55.0 Å².